The number of nitrogens with one attached hydrogen (secondary N) is 3. The fraction of sp³-hybridized carbons (Fsp3) is 0.435. The van der Waals surface area contributed by atoms with Gasteiger partial charge in [0.25, 0.3) is 0 Å². The van der Waals surface area contributed by atoms with Crippen molar-refractivity contribution in [1.82, 2.24) is 10.9 Å². The summed E-state index contributed by atoms with van der Waals surface area (Å²) in [6.45, 7) is 2.73. The minimum absolute atomic E-state index is 0.0318. The largest absolute Gasteiger partial charge is 0.493 e. The molecule has 3 N–H and O–H groups in total. The standard InChI is InChI=1S/C23H27FN4O2/c24-21-11-18(6-7-20(21)16-12-25-26-13-16)28-9-8-22(23(28)29)27-17-2-1-3-19(10-17)30-14-15-4-5-15/h1-3,6-7,10-11,15-16,22,25-27H,4-5,8-9,12-14H2. The number of ether oxygens (including phenoxy) is 1. The fourth-order valence-corrected chi connectivity index (χ4v) is 4.14. The lowest BCUT2D eigenvalue weighted by Gasteiger charge is -2.19. The average molecular weight is 410 g/mol. The van der Waals surface area contributed by atoms with Gasteiger partial charge < -0.3 is 15.0 Å². The molecule has 158 valence electrons. The van der Waals surface area contributed by atoms with Crippen LogP contribution in [0.5, 0.6) is 5.75 Å². The molecule has 0 spiro atoms. The van der Waals surface area contributed by atoms with Crippen LogP contribution in [0.25, 0.3) is 0 Å². The molecule has 0 aromatic heterocycles. The zero-order valence-electron chi connectivity index (χ0n) is 16.9. The van der Waals surface area contributed by atoms with Gasteiger partial charge in [-0.25, -0.2) is 4.39 Å². The van der Waals surface area contributed by atoms with E-state index in [9.17, 15) is 9.18 Å². The van der Waals surface area contributed by atoms with Crippen molar-refractivity contribution >= 4 is 17.3 Å². The van der Waals surface area contributed by atoms with Gasteiger partial charge >= 0.3 is 0 Å². The number of halogens is 1. The Bertz CT molecular complexity index is 927. The smallest absolute Gasteiger partial charge is 0.249 e. The quantitative estimate of drug-likeness (QED) is 0.655. The molecule has 1 saturated carbocycles. The predicted molar refractivity (Wildman–Crippen MR) is 114 cm³/mol. The number of carbonyl (C=O) groups is 1. The van der Waals surface area contributed by atoms with Crippen molar-refractivity contribution in [2.24, 2.45) is 5.92 Å². The maximum Gasteiger partial charge on any atom is 0.249 e. The van der Waals surface area contributed by atoms with E-state index in [1.807, 2.05) is 30.3 Å². The van der Waals surface area contributed by atoms with Crippen molar-refractivity contribution in [2.75, 3.05) is 36.5 Å². The van der Waals surface area contributed by atoms with E-state index < -0.39 is 0 Å². The van der Waals surface area contributed by atoms with E-state index in [2.05, 4.69) is 16.2 Å². The first-order valence-electron chi connectivity index (χ1n) is 10.7. The Morgan fingerprint density at radius 1 is 1.10 bits per heavy atom. The summed E-state index contributed by atoms with van der Waals surface area (Å²) in [5.41, 5.74) is 8.22. The molecule has 1 unspecified atom stereocenters. The van der Waals surface area contributed by atoms with Crippen molar-refractivity contribution in [3.8, 4) is 5.75 Å². The highest BCUT2D eigenvalue weighted by Gasteiger charge is 2.33. The number of hydrazine groups is 1. The van der Waals surface area contributed by atoms with Gasteiger partial charge in [-0.3, -0.25) is 15.6 Å². The van der Waals surface area contributed by atoms with Gasteiger partial charge in [0.15, 0.2) is 0 Å². The van der Waals surface area contributed by atoms with Crippen LogP contribution in [-0.4, -0.2) is 38.2 Å². The number of rotatable bonds is 7. The van der Waals surface area contributed by atoms with Crippen LogP contribution in [0.15, 0.2) is 42.5 Å². The van der Waals surface area contributed by atoms with Crippen LogP contribution in [0.1, 0.15) is 30.7 Å². The number of hydrogen-bond donors (Lipinski definition) is 3. The van der Waals surface area contributed by atoms with Crippen LogP contribution < -0.4 is 25.8 Å². The molecule has 0 bridgehead atoms. The van der Waals surface area contributed by atoms with Crippen molar-refractivity contribution in [1.29, 1.82) is 0 Å². The van der Waals surface area contributed by atoms with E-state index in [1.54, 1.807) is 11.0 Å². The number of nitrogens with zero attached hydrogens (tertiary/aromatic N) is 1. The Hall–Kier alpha value is -2.64. The normalized spacial score (nSPS) is 22.0. The van der Waals surface area contributed by atoms with E-state index in [0.29, 0.717) is 43.2 Å². The summed E-state index contributed by atoms with van der Waals surface area (Å²) < 4.78 is 20.5. The minimum atomic E-state index is -0.324. The highest BCUT2D eigenvalue weighted by atomic mass is 19.1. The summed E-state index contributed by atoms with van der Waals surface area (Å²) in [5, 5.41) is 3.32. The SMILES string of the molecule is O=C1C(Nc2cccc(OCC3CC3)c2)CCN1c1ccc(C2CNNC2)c(F)c1. The van der Waals surface area contributed by atoms with Gasteiger partial charge in [0.1, 0.15) is 17.6 Å². The summed E-state index contributed by atoms with van der Waals surface area (Å²) >= 11 is 0. The third kappa shape index (κ3) is 4.13. The van der Waals surface area contributed by atoms with Gasteiger partial charge in [-0.05, 0) is 55.0 Å². The molecule has 1 amide bonds. The molecule has 1 atom stereocenters. The number of hydrogen-bond acceptors (Lipinski definition) is 5. The Morgan fingerprint density at radius 3 is 2.70 bits per heavy atom. The highest BCUT2D eigenvalue weighted by molar-refractivity contribution is 6.01. The molecule has 2 heterocycles. The second-order valence-corrected chi connectivity index (χ2v) is 8.42. The van der Waals surface area contributed by atoms with E-state index >= 15 is 0 Å². The molecular weight excluding hydrogens is 383 g/mol. The van der Waals surface area contributed by atoms with E-state index in [1.165, 1.54) is 18.9 Å². The van der Waals surface area contributed by atoms with E-state index in [4.69, 9.17) is 4.74 Å². The molecule has 5 rings (SSSR count). The molecule has 2 aromatic rings. The molecule has 3 aliphatic rings. The molecule has 30 heavy (non-hydrogen) atoms. The van der Waals surface area contributed by atoms with Gasteiger partial charge in [0, 0.05) is 43.0 Å². The van der Waals surface area contributed by atoms with Gasteiger partial charge in [0.2, 0.25) is 5.91 Å². The molecule has 2 aliphatic heterocycles. The second kappa shape index (κ2) is 8.24. The summed E-state index contributed by atoms with van der Waals surface area (Å²) in [6, 6.07) is 12.6. The zero-order valence-corrected chi connectivity index (χ0v) is 16.9. The van der Waals surface area contributed by atoms with Crippen molar-refractivity contribution in [3.63, 3.8) is 0 Å². The van der Waals surface area contributed by atoms with Crippen LogP contribution in [0.3, 0.4) is 0 Å². The van der Waals surface area contributed by atoms with Gasteiger partial charge in [-0.15, -0.1) is 0 Å². The highest BCUT2D eigenvalue weighted by Crippen LogP contribution is 2.31. The first kappa shape index (κ1) is 19.3. The van der Waals surface area contributed by atoms with E-state index in [0.717, 1.165) is 18.0 Å². The van der Waals surface area contributed by atoms with Crippen molar-refractivity contribution < 1.29 is 13.9 Å². The van der Waals surface area contributed by atoms with Crippen LogP contribution in [0.4, 0.5) is 15.8 Å². The average Bonchev–Trinajstić information content (AvgIpc) is 3.29. The number of carbonyl (C=O) groups excluding carboxylic acids is 1. The lowest BCUT2D eigenvalue weighted by atomic mass is 9.99. The predicted octanol–water partition coefficient (Wildman–Crippen LogP) is 3.02. The Balaban J connectivity index is 1.24. The summed E-state index contributed by atoms with van der Waals surface area (Å²) in [7, 11) is 0. The summed E-state index contributed by atoms with van der Waals surface area (Å²) in [4.78, 5) is 14.6. The fourth-order valence-electron chi connectivity index (χ4n) is 4.14. The van der Waals surface area contributed by atoms with Crippen molar-refractivity contribution in [2.45, 2.75) is 31.2 Å². The zero-order chi connectivity index (χ0) is 20.5. The number of anilines is 2. The Labute approximate surface area is 175 Å². The molecule has 1 aliphatic carbocycles. The topological polar surface area (TPSA) is 65.6 Å². The third-order valence-corrected chi connectivity index (χ3v) is 6.12. The lowest BCUT2D eigenvalue weighted by molar-refractivity contribution is -0.117. The van der Waals surface area contributed by atoms with Crippen molar-refractivity contribution in [3.05, 3.63) is 53.8 Å². The molecule has 2 saturated heterocycles. The van der Waals surface area contributed by atoms with E-state index in [-0.39, 0.29) is 23.7 Å². The molecular formula is C23H27FN4O2. The maximum absolute atomic E-state index is 14.7. The Kier molecular flexibility index (Phi) is 5.31. The molecule has 6 nitrogen and oxygen atoms in total. The third-order valence-electron chi connectivity index (χ3n) is 6.12. The monoisotopic (exact) mass is 410 g/mol. The molecule has 7 heteroatoms. The van der Waals surface area contributed by atoms with Gasteiger partial charge in [0.05, 0.1) is 6.61 Å². The number of benzene rings is 2. The first-order valence-corrected chi connectivity index (χ1v) is 10.7. The summed E-state index contributed by atoms with van der Waals surface area (Å²) in [5.74, 6) is 1.34. The lowest BCUT2D eigenvalue weighted by Crippen LogP contribution is -2.33. The molecule has 0 radical (unpaired) electrons. The van der Waals surface area contributed by atoms with Crippen LogP contribution >= 0.6 is 0 Å². The Morgan fingerprint density at radius 2 is 1.93 bits per heavy atom. The van der Waals surface area contributed by atoms with Crippen LogP contribution in [0.2, 0.25) is 0 Å². The van der Waals surface area contributed by atoms with Crippen LogP contribution in [-0.2, 0) is 4.79 Å². The van der Waals surface area contributed by atoms with Gasteiger partial charge in [-0.1, -0.05) is 12.1 Å². The van der Waals surface area contributed by atoms with Crippen LogP contribution in [0, 0.1) is 11.7 Å². The minimum Gasteiger partial charge on any atom is -0.493 e. The number of amides is 1. The first-order chi connectivity index (χ1) is 14.7. The van der Waals surface area contributed by atoms with Gasteiger partial charge in [-0.2, -0.15) is 0 Å². The molecule has 3 fully saturated rings. The summed E-state index contributed by atoms with van der Waals surface area (Å²) in [6.07, 6.45) is 3.17. The molecule has 2 aromatic carbocycles. The second-order valence-electron chi connectivity index (χ2n) is 8.42. The maximum atomic E-state index is 14.7.